The number of aromatic hydroxyl groups is 1. The Morgan fingerprint density at radius 2 is 1.62 bits per heavy atom. The monoisotopic (exact) mass is 235 g/mol. The molecule has 0 saturated heterocycles. The number of nitrogens with two attached hydrogens (primary N) is 1. The quantitative estimate of drug-likeness (QED) is 0.719. The number of rotatable bonds is 2. The van der Waals surface area contributed by atoms with Gasteiger partial charge in [0.25, 0.3) is 0 Å². The van der Waals surface area contributed by atoms with Crippen LogP contribution in [0.1, 0.15) is 5.56 Å². The average molecular weight is 235 g/mol. The second-order valence-electron chi connectivity index (χ2n) is 3.16. The number of hydrogen-bond donors (Lipinski definition) is 3. The Kier molecular flexibility index (Phi) is 2.83. The van der Waals surface area contributed by atoms with Gasteiger partial charge >= 0.3 is 12.1 Å². The molecule has 0 fully saturated rings. The van der Waals surface area contributed by atoms with Crippen molar-refractivity contribution >= 4 is 5.97 Å². The number of phenolic OH excluding ortho intramolecular Hbond substituents is 1. The van der Waals surface area contributed by atoms with Gasteiger partial charge in [-0.25, -0.2) is 4.79 Å². The Labute approximate surface area is 88.1 Å². The molecule has 0 aliphatic heterocycles. The molecule has 0 bridgehead atoms. The van der Waals surface area contributed by atoms with Crippen molar-refractivity contribution in [1.29, 1.82) is 0 Å². The fourth-order valence-corrected chi connectivity index (χ4v) is 1.13. The van der Waals surface area contributed by atoms with Crippen molar-refractivity contribution in [1.82, 2.24) is 0 Å². The molecule has 0 saturated carbocycles. The number of hydrogen-bond acceptors (Lipinski definition) is 3. The highest BCUT2D eigenvalue weighted by Crippen LogP contribution is 2.37. The van der Waals surface area contributed by atoms with Crippen LogP contribution in [0.5, 0.6) is 5.75 Å². The van der Waals surface area contributed by atoms with Gasteiger partial charge in [-0.15, -0.1) is 0 Å². The molecule has 0 amide bonds. The molecule has 16 heavy (non-hydrogen) atoms. The molecular weight excluding hydrogens is 227 g/mol. The van der Waals surface area contributed by atoms with E-state index in [1.165, 1.54) is 0 Å². The summed E-state index contributed by atoms with van der Waals surface area (Å²) in [4.78, 5) is 10.6. The summed E-state index contributed by atoms with van der Waals surface area (Å²) in [7, 11) is 0. The van der Waals surface area contributed by atoms with Crippen molar-refractivity contribution in [3.05, 3.63) is 29.8 Å². The van der Waals surface area contributed by atoms with Crippen LogP contribution in [0.15, 0.2) is 24.3 Å². The topological polar surface area (TPSA) is 83.6 Å². The van der Waals surface area contributed by atoms with Crippen LogP contribution in [0.3, 0.4) is 0 Å². The van der Waals surface area contributed by atoms with Crippen LogP contribution in [0, 0.1) is 0 Å². The number of carboxylic acids is 1. The molecule has 1 atom stereocenters. The Hall–Kier alpha value is -1.76. The van der Waals surface area contributed by atoms with Gasteiger partial charge in [-0.3, -0.25) is 0 Å². The van der Waals surface area contributed by atoms with Crippen molar-refractivity contribution in [2.45, 2.75) is 11.7 Å². The van der Waals surface area contributed by atoms with E-state index in [-0.39, 0.29) is 5.75 Å². The lowest BCUT2D eigenvalue weighted by atomic mass is 9.90. The summed E-state index contributed by atoms with van der Waals surface area (Å²) in [5.74, 6) is -2.48. The van der Waals surface area contributed by atoms with E-state index in [9.17, 15) is 18.0 Å². The molecule has 0 aromatic heterocycles. The Bertz CT molecular complexity index is 401. The molecule has 88 valence electrons. The third-order valence-corrected chi connectivity index (χ3v) is 2.11. The summed E-state index contributed by atoms with van der Waals surface area (Å²) in [6.45, 7) is 0. The largest absolute Gasteiger partial charge is 0.508 e. The summed E-state index contributed by atoms with van der Waals surface area (Å²) in [5, 5.41) is 17.5. The van der Waals surface area contributed by atoms with Crippen LogP contribution in [0.4, 0.5) is 13.2 Å². The first-order valence-electron chi connectivity index (χ1n) is 4.08. The number of carbonyl (C=O) groups is 1. The van der Waals surface area contributed by atoms with Gasteiger partial charge in [0, 0.05) is 0 Å². The fraction of sp³-hybridized carbons (Fsp3) is 0.222. The predicted molar refractivity (Wildman–Crippen MR) is 47.7 cm³/mol. The second kappa shape index (κ2) is 3.67. The van der Waals surface area contributed by atoms with Crippen molar-refractivity contribution in [2.24, 2.45) is 5.73 Å². The standard InChI is InChI=1S/C9H8F3NO3/c10-9(11,12)8(13,7(15)16)5-1-3-6(14)4-2-5/h1-4,14H,13H2,(H,15,16)/t8-/m0/s1. The van der Waals surface area contributed by atoms with Gasteiger partial charge in [0.1, 0.15) is 5.75 Å². The number of phenols is 1. The Balaban J connectivity index is 3.34. The molecule has 4 nitrogen and oxygen atoms in total. The Morgan fingerprint density at radius 1 is 1.19 bits per heavy atom. The molecule has 1 rings (SSSR count). The van der Waals surface area contributed by atoms with E-state index in [4.69, 9.17) is 15.9 Å². The lowest BCUT2D eigenvalue weighted by molar-refractivity contribution is -0.204. The molecule has 1 aromatic carbocycles. The molecule has 1 aromatic rings. The molecule has 0 unspecified atom stereocenters. The van der Waals surface area contributed by atoms with E-state index in [2.05, 4.69) is 0 Å². The van der Waals surface area contributed by atoms with E-state index in [0.29, 0.717) is 0 Å². The molecule has 0 aliphatic carbocycles. The van der Waals surface area contributed by atoms with Gasteiger partial charge < -0.3 is 15.9 Å². The van der Waals surface area contributed by atoms with Crippen molar-refractivity contribution < 1.29 is 28.2 Å². The van der Waals surface area contributed by atoms with Crippen LogP contribution in [-0.4, -0.2) is 22.4 Å². The summed E-state index contributed by atoms with van der Waals surface area (Å²) < 4.78 is 37.7. The number of aliphatic carboxylic acids is 1. The molecule has 0 radical (unpaired) electrons. The van der Waals surface area contributed by atoms with Crippen molar-refractivity contribution in [2.75, 3.05) is 0 Å². The SMILES string of the molecule is N[C@](C(=O)O)(c1ccc(O)cc1)C(F)(F)F. The zero-order valence-corrected chi connectivity index (χ0v) is 7.82. The predicted octanol–water partition coefficient (Wildman–Crippen LogP) is 1.19. The third kappa shape index (κ3) is 1.81. The lowest BCUT2D eigenvalue weighted by Gasteiger charge is -2.27. The van der Waals surface area contributed by atoms with E-state index < -0.39 is 23.2 Å². The minimum atomic E-state index is -5.13. The van der Waals surface area contributed by atoms with Gasteiger partial charge in [-0.2, -0.15) is 13.2 Å². The normalized spacial score (nSPS) is 15.5. The molecular formula is C9H8F3NO3. The van der Waals surface area contributed by atoms with Crippen LogP contribution in [-0.2, 0) is 10.3 Å². The van der Waals surface area contributed by atoms with E-state index >= 15 is 0 Å². The minimum Gasteiger partial charge on any atom is -0.508 e. The van der Waals surface area contributed by atoms with E-state index in [1.54, 1.807) is 0 Å². The number of benzene rings is 1. The van der Waals surface area contributed by atoms with E-state index in [0.717, 1.165) is 24.3 Å². The first-order valence-corrected chi connectivity index (χ1v) is 4.08. The smallest absolute Gasteiger partial charge is 0.421 e. The maximum absolute atomic E-state index is 12.6. The van der Waals surface area contributed by atoms with E-state index in [1.807, 2.05) is 0 Å². The van der Waals surface area contributed by atoms with Crippen molar-refractivity contribution in [3.8, 4) is 5.75 Å². The van der Waals surface area contributed by atoms with Gasteiger partial charge in [0.05, 0.1) is 0 Å². The molecule has 4 N–H and O–H groups in total. The highest BCUT2D eigenvalue weighted by molar-refractivity contribution is 5.81. The maximum atomic E-state index is 12.6. The number of halogens is 3. The number of alkyl halides is 3. The molecule has 0 spiro atoms. The van der Waals surface area contributed by atoms with Gasteiger partial charge in [0.15, 0.2) is 0 Å². The van der Waals surface area contributed by atoms with Gasteiger partial charge in [0.2, 0.25) is 5.54 Å². The summed E-state index contributed by atoms with van der Waals surface area (Å²) in [6.07, 6.45) is -5.13. The first kappa shape index (κ1) is 12.3. The Morgan fingerprint density at radius 3 is 1.94 bits per heavy atom. The van der Waals surface area contributed by atoms with Crippen LogP contribution < -0.4 is 5.73 Å². The van der Waals surface area contributed by atoms with Crippen LogP contribution in [0.2, 0.25) is 0 Å². The fourth-order valence-electron chi connectivity index (χ4n) is 1.13. The minimum absolute atomic E-state index is 0.279. The molecule has 7 heteroatoms. The summed E-state index contributed by atoms with van der Waals surface area (Å²) in [5.41, 5.74) is 0.764. The highest BCUT2D eigenvalue weighted by Gasteiger charge is 2.59. The zero-order chi connectivity index (χ0) is 12.6. The van der Waals surface area contributed by atoms with Crippen molar-refractivity contribution in [3.63, 3.8) is 0 Å². The average Bonchev–Trinajstić information content (AvgIpc) is 2.15. The summed E-state index contributed by atoms with van der Waals surface area (Å²) in [6, 6.07) is 3.51. The molecule has 0 aliphatic rings. The summed E-state index contributed by atoms with van der Waals surface area (Å²) >= 11 is 0. The first-order chi connectivity index (χ1) is 7.19. The lowest BCUT2D eigenvalue weighted by Crippen LogP contribution is -2.56. The second-order valence-corrected chi connectivity index (χ2v) is 3.16. The van der Waals surface area contributed by atoms with Crippen LogP contribution >= 0.6 is 0 Å². The van der Waals surface area contributed by atoms with Gasteiger partial charge in [-0.1, -0.05) is 12.1 Å². The maximum Gasteiger partial charge on any atom is 0.421 e. The highest BCUT2D eigenvalue weighted by atomic mass is 19.4. The van der Waals surface area contributed by atoms with Crippen LogP contribution in [0.25, 0.3) is 0 Å². The number of carboxylic acid groups (broad SMARTS) is 1. The third-order valence-electron chi connectivity index (χ3n) is 2.11. The molecule has 0 heterocycles. The van der Waals surface area contributed by atoms with Gasteiger partial charge in [-0.05, 0) is 17.7 Å². The zero-order valence-electron chi connectivity index (χ0n) is 7.82.